The van der Waals surface area contributed by atoms with Crippen molar-refractivity contribution in [1.82, 2.24) is 5.32 Å². The molecule has 7 nitrogen and oxygen atoms in total. The zero-order valence-corrected chi connectivity index (χ0v) is 16.4. The van der Waals surface area contributed by atoms with E-state index in [1.54, 1.807) is 43.3 Å². The highest BCUT2D eigenvalue weighted by Crippen LogP contribution is 2.32. The van der Waals surface area contributed by atoms with Gasteiger partial charge in [-0.15, -0.1) is 0 Å². The molecular weight excluding hydrogens is 382 g/mol. The molecule has 148 valence electrons. The summed E-state index contributed by atoms with van der Waals surface area (Å²) >= 11 is 0. The lowest BCUT2D eigenvalue weighted by Crippen LogP contribution is -2.35. The van der Waals surface area contributed by atoms with Gasteiger partial charge in [0.1, 0.15) is 0 Å². The Kier molecular flexibility index (Phi) is 6.30. The molecule has 1 aliphatic heterocycles. The van der Waals surface area contributed by atoms with E-state index in [0.29, 0.717) is 22.1 Å². The molecule has 0 saturated heterocycles. The first-order valence-electron chi connectivity index (χ1n) is 8.84. The summed E-state index contributed by atoms with van der Waals surface area (Å²) in [5, 5.41) is 2.72. The largest absolute Gasteiger partial charge is 0.454 e. The van der Waals surface area contributed by atoms with Crippen LogP contribution in [0.15, 0.2) is 47.4 Å². The summed E-state index contributed by atoms with van der Waals surface area (Å²) in [4.78, 5) is 25.1. The number of esters is 1. The van der Waals surface area contributed by atoms with Crippen molar-refractivity contribution in [3.05, 3.63) is 53.6 Å². The smallest absolute Gasteiger partial charge is 0.340 e. The van der Waals surface area contributed by atoms with E-state index in [0.717, 1.165) is 5.56 Å². The van der Waals surface area contributed by atoms with Gasteiger partial charge in [-0.05, 0) is 36.8 Å². The highest BCUT2D eigenvalue weighted by atomic mass is 32.2. The maximum Gasteiger partial charge on any atom is 0.340 e. The van der Waals surface area contributed by atoms with Gasteiger partial charge in [0.15, 0.2) is 17.6 Å². The van der Waals surface area contributed by atoms with Crippen LogP contribution in [0, 0.1) is 0 Å². The van der Waals surface area contributed by atoms with Crippen molar-refractivity contribution in [2.75, 3.05) is 12.5 Å². The topological polar surface area (TPSA) is 90.9 Å². The van der Waals surface area contributed by atoms with Crippen LogP contribution >= 0.6 is 0 Å². The van der Waals surface area contributed by atoms with E-state index in [2.05, 4.69) is 5.32 Å². The Bertz CT molecular complexity index is 913. The number of rotatable bonds is 7. The van der Waals surface area contributed by atoms with Crippen LogP contribution in [0.1, 0.15) is 29.8 Å². The van der Waals surface area contributed by atoms with E-state index in [1.165, 1.54) is 6.92 Å². The van der Waals surface area contributed by atoms with Gasteiger partial charge in [-0.1, -0.05) is 25.1 Å². The van der Waals surface area contributed by atoms with Crippen molar-refractivity contribution >= 4 is 22.7 Å². The van der Waals surface area contributed by atoms with Gasteiger partial charge in [-0.25, -0.2) is 4.79 Å². The fraction of sp³-hybridized carbons (Fsp3) is 0.300. The Morgan fingerprint density at radius 1 is 1.18 bits per heavy atom. The number of carbonyl (C=O) groups excluding carboxylic acids is 2. The Morgan fingerprint density at radius 2 is 1.93 bits per heavy atom. The third kappa shape index (κ3) is 4.51. The number of ether oxygens (including phenoxy) is 3. The van der Waals surface area contributed by atoms with Crippen LogP contribution in [0.3, 0.4) is 0 Å². The lowest BCUT2D eigenvalue weighted by molar-refractivity contribution is -0.129. The van der Waals surface area contributed by atoms with E-state index in [-0.39, 0.29) is 18.9 Å². The summed E-state index contributed by atoms with van der Waals surface area (Å²) in [6, 6.07) is 11.9. The molecule has 1 aliphatic rings. The van der Waals surface area contributed by atoms with Crippen LogP contribution in [-0.2, 0) is 26.9 Å². The number of benzene rings is 2. The Balaban J connectivity index is 1.58. The average molecular weight is 403 g/mol. The van der Waals surface area contributed by atoms with Gasteiger partial charge in [0, 0.05) is 12.3 Å². The monoisotopic (exact) mass is 403 g/mol. The second kappa shape index (κ2) is 8.88. The fourth-order valence-electron chi connectivity index (χ4n) is 2.65. The molecule has 0 spiro atoms. The molecular formula is C20H21NO6S. The Hall–Kier alpha value is -2.87. The second-order valence-electron chi connectivity index (χ2n) is 6.08. The highest BCUT2D eigenvalue weighted by molar-refractivity contribution is 7.85. The van der Waals surface area contributed by atoms with Crippen molar-refractivity contribution in [3.8, 4) is 11.5 Å². The molecule has 0 aliphatic carbocycles. The standard InChI is InChI=1S/C20H21NO6S/c1-3-28(24)18-7-5-4-6-15(18)20(23)27-13(2)19(22)21-11-14-8-9-16-17(10-14)26-12-25-16/h4-10,13H,3,11-12H2,1-2H3,(H,21,22)/t13-,28-/m1/s1. The molecule has 1 heterocycles. The van der Waals surface area contributed by atoms with Crippen molar-refractivity contribution in [2.45, 2.75) is 31.4 Å². The normalized spacial score (nSPS) is 14.2. The molecule has 0 radical (unpaired) electrons. The first kappa shape index (κ1) is 19.9. The molecule has 2 aromatic rings. The maximum atomic E-state index is 12.4. The molecule has 1 N–H and O–H groups in total. The molecule has 2 aromatic carbocycles. The summed E-state index contributed by atoms with van der Waals surface area (Å²) in [6.07, 6.45) is -0.996. The molecule has 8 heteroatoms. The fourth-order valence-corrected chi connectivity index (χ4v) is 3.59. The Morgan fingerprint density at radius 3 is 2.71 bits per heavy atom. The average Bonchev–Trinajstić information content (AvgIpc) is 3.19. The molecule has 0 bridgehead atoms. The molecule has 0 unspecified atom stereocenters. The number of nitrogens with one attached hydrogen (secondary N) is 1. The van der Waals surface area contributed by atoms with Gasteiger partial charge in [-0.2, -0.15) is 0 Å². The van der Waals surface area contributed by atoms with E-state index in [4.69, 9.17) is 14.2 Å². The van der Waals surface area contributed by atoms with Crippen molar-refractivity contribution < 1.29 is 28.0 Å². The summed E-state index contributed by atoms with van der Waals surface area (Å²) in [5.74, 6) is 0.575. The predicted molar refractivity (Wildman–Crippen MR) is 103 cm³/mol. The number of carbonyl (C=O) groups is 2. The number of fused-ring (bicyclic) bond motifs is 1. The molecule has 3 rings (SSSR count). The maximum absolute atomic E-state index is 12.4. The molecule has 0 fully saturated rings. The zero-order valence-electron chi connectivity index (χ0n) is 15.6. The van der Waals surface area contributed by atoms with Crippen LogP contribution in [0.25, 0.3) is 0 Å². The van der Waals surface area contributed by atoms with Crippen LogP contribution in [0.5, 0.6) is 11.5 Å². The molecule has 2 atom stereocenters. The van der Waals surface area contributed by atoms with Crippen LogP contribution < -0.4 is 14.8 Å². The first-order chi connectivity index (χ1) is 13.5. The summed E-state index contributed by atoms with van der Waals surface area (Å²) in [7, 11) is -1.30. The minimum absolute atomic E-state index is 0.183. The third-order valence-corrected chi connectivity index (χ3v) is 5.54. The van der Waals surface area contributed by atoms with Crippen LogP contribution in [0.2, 0.25) is 0 Å². The van der Waals surface area contributed by atoms with E-state index >= 15 is 0 Å². The van der Waals surface area contributed by atoms with Crippen molar-refractivity contribution in [2.24, 2.45) is 0 Å². The SMILES string of the molecule is CC[S@@](=O)c1ccccc1C(=O)O[C@H](C)C(=O)NCc1ccc2c(c1)OCO2. The van der Waals surface area contributed by atoms with Gasteiger partial charge in [0.05, 0.1) is 21.3 Å². The molecule has 0 aromatic heterocycles. The first-order valence-corrected chi connectivity index (χ1v) is 10.2. The lowest BCUT2D eigenvalue weighted by Gasteiger charge is -2.15. The Labute approximate surface area is 165 Å². The minimum Gasteiger partial charge on any atom is -0.454 e. The van der Waals surface area contributed by atoms with E-state index < -0.39 is 28.8 Å². The number of hydrogen-bond donors (Lipinski definition) is 1. The molecule has 0 saturated carbocycles. The van der Waals surface area contributed by atoms with Gasteiger partial charge in [0.2, 0.25) is 6.79 Å². The lowest BCUT2D eigenvalue weighted by atomic mass is 10.2. The quantitative estimate of drug-likeness (QED) is 0.714. The summed E-state index contributed by atoms with van der Waals surface area (Å²) in [6.45, 7) is 3.70. The third-order valence-electron chi connectivity index (χ3n) is 4.17. The molecule has 1 amide bonds. The van der Waals surface area contributed by atoms with Gasteiger partial charge in [0.25, 0.3) is 5.91 Å². The van der Waals surface area contributed by atoms with Gasteiger partial charge < -0.3 is 19.5 Å². The van der Waals surface area contributed by atoms with E-state index in [1.807, 2.05) is 6.07 Å². The summed E-state index contributed by atoms with van der Waals surface area (Å²) < 4.78 is 27.9. The van der Waals surface area contributed by atoms with Gasteiger partial charge >= 0.3 is 5.97 Å². The number of hydrogen-bond acceptors (Lipinski definition) is 6. The zero-order chi connectivity index (χ0) is 20.1. The van der Waals surface area contributed by atoms with Crippen molar-refractivity contribution in [1.29, 1.82) is 0 Å². The predicted octanol–water partition coefficient (Wildman–Crippen LogP) is 2.40. The molecule has 28 heavy (non-hydrogen) atoms. The van der Waals surface area contributed by atoms with Crippen molar-refractivity contribution in [3.63, 3.8) is 0 Å². The van der Waals surface area contributed by atoms with E-state index in [9.17, 15) is 13.8 Å². The minimum atomic E-state index is -1.30. The number of amides is 1. The van der Waals surface area contributed by atoms with Gasteiger partial charge in [-0.3, -0.25) is 9.00 Å². The van der Waals surface area contributed by atoms with Crippen LogP contribution in [-0.4, -0.2) is 34.7 Å². The summed E-state index contributed by atoms with van der Waals surface area (Å²) in [5.41, 5.74) is 1.04. The highest BCUT2D eigenvalue weighted by Gasteiger charge is 2.22. The second-order valence-corrected chi connectivity index (χ2v) is 7.79. The van der Waals surface area contributed by atoms with Crippen LogP contribution in [0.4, 0.5) is 0 Å².